The van der Waals surface area contributed by atoms with E-state index < -0.39 is 0 Å². The molecule has 116 valence electrons. The quantitative estimate of drug-likeness (QED) is 0.758. The van der Waals surface area contributed by atoms with Crippen molar-refractivity contribution in [3.05, 3.63) is 60.4 Å². The van der Waals surface area contributed by atoms with Crippen LogP contribution in [-0.4, -0.2) is 22.4 Å². The van der Waals surface area contributed by atoms with E-state index in [0.717, 1.165) is 22.4 Å². The summed E-state index contributed by atoms with van der Waals surface area (Å²) >= 11 is 0. The van der Waals surface area contributed by atoms with Gasteiger partial charge in [0.1, 0.15) is 12.1 Å². The zero-order valence-electron chi connectivity index (χ0n) is 12.9. The van der Waals surface area contributed by atoms with Crippen LogP contribution in [0.2, 0.25) is 0 Å². The van der Waals surface area contributed by atoms with Crippen LogP contribution in [0.5, 0.6) is 0 Å². The lowest BCUT2D eigenvalue weighted by atomic mass is 10.2. The smallest absolute Gasteiger partial charge is 0.226 e. The van der Waals surface area contributed by atoms with Gasteiger partial charge in [-0.2, -0.15) is 0 Å². The highest BCUT2D eigenvalue weighted by Crippen LogP contribution is 2.18. The number of hydrogen-bond donors (Lipinski definition) is 2. The van der Waals surface area contributed by atoms with Crippen molar-refractivity contribution in [1.29, 1.82) is 0 Å². The van der Waals surface area contributed by atoms with Crippen molar-refractivity contribution in [2.75, 3.05) is 17.2 Å². The number of para-hydroxylation sites is 1. The highest BCUT2D eigenvalue weighted by Gasteiger charge is 2.05. The third kappa shape index (κ3) is 3.83. The van der Waals surface area contributed by atoms with E-state index in [0.29, 0.717) is 13.0 Å². The van der Waals surface area contributed by atoms with Gasteiger partial charge >= 0.3 is 0 Å². The lowest BCUT2D eigenvalue weighted by Crippen LogP contribution is -2.16. The Morgan fingerprint density at radius 2 is 1.83 bits per heavy atom. The van der Waals surface area contributed by atoms with Gasteiger partial charge in [0.2, 0.25) is 5.91 Å². The SMILES string of the molecule is Cc1ccc(NC(=O)CCNc2ncnc3ccccc23)cc1. The van der Waals surface area contributed by atoms with E-state index in [1.807, 2.05) is 55.5 Å². The first-order valence-electron chi connectivity index (χ1n) is 7.52. The molecular weight excluding hydrogens is 288 g/mol. The Kier molecular flexibility index (Phi) is 4.47. The van der Waals surface area contributed by atoms with E-state index >= 15 is 0 Å². The summed E-state index contributed by atoms with van der Waals surface area (Å²) in [4.78, 5) is 20.4. The number of aromatic nitrogens is 2. The van der Waals surface area contributed by atoms with Gasteiger partial charge in [0.15, 0.2) is 0 Å². The Morgan fingerprint density at radius 1 is 1.04 bits per heavy atom. The number of aryl methyl sites for hydroxylation is 1. The number of hydrogen-bond acceptors (Lipinski definition) is 4. The zero-order valence-corrected chi connectivity index (χ0v) is 12.9. The van der Waals surface area contributed by atoms with E-state index in [-0.39, 0.29) is 5.91 Å². The number of anilines is 2. The molecule has 0 saturated heterocycles. The molecule has 0 spiro atoms. The molecular formula is C18H18N4O. The predicted octanol–water partition coefficient (Wildman–Crippen LogP) is 3.38. The summed E-state index contributed by atoms with van der Waals surface area (Å²) in [6.07, 6.45) is 1.89. The zero-order chi connectivity index (χ0) is 16.1. The van der Waals surface area contributed by atoms with Crippen molar-refractivity contribution in [1.82, 2.24) is 9.97 Å². The number of nitrogens with zero attached hydrogens (tertiary/aromatic N) is 2. The second kappa shape index (κ2) is 6.87. The van der Waals surface area contributed by atoms with Crippen LogP contribution in [-0.2, 0) is 4.79 Å². The van der Waals surface area contributed by atoms with E-state index in [2.05, 4.69) is 20.6 Å². The summed E-state index contributed by atoms with van der Waals surface area (Å²) in [6.45, 7) is 2.53. The fraction of sp³-hybridized carbons (Fsp3) is 0.167. The summed E-state index contributed by atoms with van der Waals surface area (Å²) in [7, 11) is 0. The minimum Gasteiger partial charge on any atom is -0.369 e. The molecule has 5 heteroatoms. The molecule has 1 amide bonds. The van der Waals surface area contributed by atoms with Gasteiger partial charge < -0.3 is 10.6 Å². The van der Waals surface area contributed by atoms with Crippen molar-refractivity contribution >= 4 is 28.3 Å². The molecule has 3 aromatic rings. The van der Waals surface area contributed by atoms with Gasteiger partial charge in [0, 0.05) is 24.0 Å². The number of nitrogens with one attached hydrogen (secondary N) is 2. The van der Waals surface area contributed by atoms with Crippen LogP contribution in [0.15, 0.2) is 54.9 Å². The fourth-order valence-corrected chi connectivity index (χ4v) is 2.30. The summed E-state index contributed by atoms with van der Waals surface area (Å²) in [5, 5.41) is 7.04. The molecule has 2 aromatic carbocycles. The average Bonchev–Trinajstić information content (AvgIpc) is 2.57. The fourth-order valence-electron chi connectivity index (χ4n) is 2.30. The van der Waals surface area contributed by atoms with Crippen LogP contribution < -0.4 is 10.6 Å². The minimum atomic E-state index is -0.0280. The number of amides is 1. The summed E-state index contributed by atoms with van der Waals surface area (Å²) in [5.74, 6) is 0.721. The van der Waals surface area contributed by atoms with Crippen molar-refractivity contribution in [3.8, 4) is 0 Å². The average molecular weight is 306 g/mol. The van der Waals surface area contributed by atoms with Crippen LogP contribution >= 0.6 is 0 Å². The molecule has 0 atom stereocenters. The van der Waals surface area contributed by atoms with Crippen molar-refractivity contribution < 1.29 is 4.79 Å². The van der Waals surface area contributed by atoms with Gasteiger partial charge in [0.05, 0.1) is 5.52 Å². The number of benzene rings is 2. The number of fused-ring (bicyclic) bond motifs is 1. The molecule has 2 N–H and O–H groups in total. The lowest BCUT2D eigenvalue weighted by Gasteiger charge is -2.09. The van der Waals surface area contributed by atoms with Crippen LogP contribution in [0, 0.1) is 6.92 Å². The largest absolute Gasteiger partial charge is 0.369 e. The predicted molar refractivity (Wildman–Crippen MR) is 92.5 cm³/mol. The molecule has 0 saturated carbocycles. The first kappa shape index (κ1) is 15.0. The monoisotopic (exact) mass is 306 g/mol. The van der Waals surface area contributed by atoms with Gasteiger partial charge in [0.25, 0.3) is 0 Å². The normalized spacial score (nSPS) is 10.5. The Hall–Kier alpha value is -2.95. The van der Waals surface area contributed by atoms with Gasteiger partial charge in [-0.3, -0.25) is 4.79 Å². The second-order valence-electron chi connectivity index (χ2n) is 5.33. The van der Waals surface area contributed by atoms with E-state index in [1.165, 1.54) is 11.9 Å². The maximum Gasteiger partial charge on any atom is 0.226 e. The van der Waals surface area contributed by atoms with Gasteiger partial charge in [-0.1, -0.05) is 29.8 Å². The van der Waals surface area contributed by atoms with Crippen molar-refractivity contribution in [2.45, 2.75) is 13.3 Å². The molecule has 3 rings (SSSR count). The van der Waals surface area contributed by atoms with Crippen LogP contribution in [0.1, 0.15) is 12.0 Å². The number of rotatable bonds is 5. The lowest BCUT2D eigenvalue weighted by molar-refractivity contribution is -0.115. The van der Waals surface area contributed by atoms with Gasteiger partial charge in [-0.25, -0.2) is 9.97 Å². The van der Waals surface area contributed by atoms with Crippen molar-refractivity contribution in [3.63, 3.8) is 0 Å². The number of carbonyl (C=O) groups excluding carboxylic acids is 1. The summed E-state index contributed by atoms with van der Waals surface area (Å²) in [6, 6.07) is 15.5. The summed E-state index contributed by atoms with van der Waals surface area (Å²) < 4.78 is 0. The Labute approximate surface area is 134 Å². The molecule has 23 heavy (non-hydrogen) atoms. The third-order valence-electron chi connectivity index (χ3n) is 3.52. The molecule has 0 radical (unpaired) electrons. The molecule has 0 aliphatic heterocycles. The molecule has 1 heterocycles. The number of carbonyl (C=O) groups is 1. The molecule has 5 nitrogen and oxygen atoms in total. The van der Waals surface area contributed by atoms with Crippen molar-refractivity contribution in [2.24, 2.45) is 0 Å². The van der Waals surface area contributed by atoms with E-state index in [1.54, 1.807) is 0 Å². The van der Waals surface area contributed by atoms with Gasteiger partial charge in [-0.05, 0) is 31.2 Å². The van der Waals surface area contributed by atoms with Gasteiger partial charge in [-0.15, -0.1) is 0 Å². The molecule has 0 aliphatic carbocycles. The molecule has 0 bridgehead atoms. The highest BCUT2D eigenvalue weighted by molar-refractivity contribution is 5.91. The topological polar surface area (TPSA) is 66.9 Å². The standard InChI is InChI=1S/C18H18N4O/c1-13-6-8-14(9-7-13)22-17(23)10-11-19-18-15-4-2-3-5-16(15)20-12-21-18/h2-9,12H,10-11H2,1H3,(H,22,23)(H,19,20,21). The minimum absolute atomic E-state index is 0.0280. The van der Waals surface area contributed by atoms with E-state index in [9.17, 15) is 4.79 Å². The maximum atomic E-state index is 12.0. The van der Waals surface area contributed by atoms with Crippen LogP contribution in [0.3, 0.4) is 0 Å². The Morgan fingerprint density at radius 3 is 2.65 bits per heavy atom. The molecule has 0 aliphatic rings. The Bertz CT molecular complexity index is 809. The third-order valence-corrected chi connectivity index (χ3v) is 3.52. The highest BCUT2D eigenvalue weighted by atomic mass is 16.1. The molecule has 0 fully saturated rings. The summed E-state index contributed by atoms with van der Waals surface area (Å²) in [5.41, 5.74) is 2.86. The van der Waals surface area contributed by atoms with E-state index in [4.69, 9.17) is 0 Å². The molecule has 1 aromatic heterocycles. The maximum absolute atomic E-state index is 12.0. The second-order valence-corrected chi connectivity index (χ2v) is 5.33. The molecule has 0 unspecified atom stereocenters. The first-order valence-corrected chi connectivity index (χ1v) is 7.52. The van der Waals surface area contributed by atoms with Crippen LogP contribution in [0.25, 0.3) is 10.9 Å². The Balaban J connectivity index is 1.56. The van der Waals surface area contributed by atoms with Crippen LogP contribution in [0.4, 0.5) is 11.5 Å². The first-order chi connectivity index (χ1) is 11.2.